The SMILES string of the molecule is O=C1C[C@H](c2ccc(F)cc2)c2c(n3ncnc3[nH]c2=O)N1. The Morgan fingerprint density at radius 3 is 2.77 bits per heavy atom. The van der Waals surface area contributed by atoms with Crippen molar-refractivity contribution in [3.05, 3.63) is 57.9 Å². The number of carbonyl (C=O) groups is 1. The van der Waals surface area contributed by atoms with Crippen LogP contribution < -0.4 is 10.9 Å². The van der Waals surface area contributed by atoms with E-state index in [0.717, 1.165) is 0 Å². The van der Waals surface area contributed by atoms with E-state index in [1.807, 2.05) is 0 Å². The summed E-state index contributed by atoms with van der Waals surface area (Å²) in [5, 5.41) is 6.68. The Hall–Kier alpha value is -3.03. The van der Waals surface area contributed by atoms with E-state index in [9.17, 15) is 14.0 Å². The molecule has 3 aromatic rings. The molecule has 0 saturated carbocycles. The molecule has 1 aliphatic rings. The number of amides is 1. The first-order chi connectivity index (χ1) is 10.6. The molecule has 0 radical (unpaired) electrons. The highest BCUT2D eigenvalue weighted by Gasteiger charge is 2.31. The van der Waals surface area contributed by atoms with Crippen LogP contribution in [0.4, 0.5) is 10.2 Å². The van der Waals surface area contributed by atoms with Crippen LogP contribution in [0.1, 0.15) is 23.5 Å². The van der Waals surface area contributed by atoms with Crippen molar-refractivity contribution in [3.8, 4) is 0 Å². The zero-order chi connectivity index (χ0) is 15.3. The van der Waals surface area contributed by atoms with Gasteiger partial charge >= 0.3 is 0 Å². The maximum Gasteiger partial charge on any atom is 0.258 e. The summed E-state index contributed by atoms with van der Waals surface area (Å²) in [6.07, 6.45) is 1.40. The lowest BCUT2D eigenvalue weighted by atomic mass is 9.87. The number of rotatable bonds is 1. The number of anilines is 1. The molecule has 22 heavy (non-hydrogen) atoms. The number of aromatic amines is 1. The topological polar surface area (TPSA) is 92.2 Å². The van der Waals surface area contributed by atoms with Gasteiger partial charge in [-0.15, -0.1) is 0 Å². The van der Waals surface area contributed by atoms with Crippen molar-refractivity contribution < 1.29 is 9.18 Å². The Bertz CT molecular complexity index is 944. The van der Waals surface area contributed by atoms with Crippen molar-refractivity contribution >= 4 is 17.5 Å². The van der Waals surface area contributed by atoms with Gasteiger partial charge in [-0.3, -0.25) is 14.6 Å². The van der Waals surface area contributed by atoms with Crippen LogP contribution in [0.3, 0.4) is 0 Å². The van der Waals surface area contributed by atoms with Gasteiger partial charge in [-0.1, -0.05) is 12.1 Å². The third kappa shape index (κ3) is 1.80. The van der Waals surface area contributed by atoms with Crippen molar-refractivity contribution in [2.24, 2.45) is 0 Å². The van der Waals surface area contributed by atoms with E-state index >= 15 is 0 Å². The Labute approximate surface area is 122 Å². The number of hydrogen-bond acceptors (Lipinski definition) is 4. The first-order valence-electron chi connectivity index (χ1n) is 6.64. The Morgan fingerprint density at radius 1 is 1.23 bits per heavy atom. The number of halogens is 1. The predicted molar refractivity (Wildman–Crippen MR) is 75.1 cm³/mol. The zero-order valence-corrected chi connectivity index (χ0v) is 11.2. The fraction of sp³-hybridized carbons (Fsp3) is 0.143. The Balaban J connectivity index is 1.99. The number of hydrogen-bond donors (Lipinski definition) is 2. The summed E-state index contributed by atoms with van der Waals surface area (Å²) in [6.45, 7) is 0. The Morgan fingerprint density at radius 2 is 2.00 bits per heavy atom. The van der Waals surface area contributed by atoms with Gasteiger partial charge in [0.05, 0.1) is 5.56 Å². The summed E-state index contributed by atoms with van der Waals surface area (Å²) in [5.74, 6) is -0.499. The average molecular weight is 299 g/mol. The van der Waals surface area contributed by atoms with Crippen molar-refractivity contribution in [1.29, 1.82) is 0 Å². The molecule has 3 heterocycles. The molecule has 2 aromatic heterocycles. The van der Waals surface area contributed by atoms with Crippen LogP contribution in [0.15, 0.2) is 35.4 Å². The highest BCUT2D eigenvalue weighted by atomic mass is 19.1. The van der Waals surface area contributed by atoms with E-state index in [2.05, 4.69) is 20.4 Å². The number of nitrogens with one attached hydrogen (secondary N) is 2. The predicted octanol–water partition coefficient (Wildman–Crippen LogP) is 1.03. The number of H-pyrrole nitrogens is 1. The largest absolute Gasteiger partial charge is 0.310 e. The van der Waals surface area contributed by atoms with Crippen LogP contribution in [-0.2, 0) is 4.79 Å². The van der Waals surface area contributed by atoms with Crippen molar-refractivity contribution in [1.82, 2.24) is 19.6 Å². The summed E-state index contributed by atoms with van der Waals surface area (Å²) in [5.41, 5.74) is 0.747. The van der Waals surface area contributed by atoms with E-state index in [1.165, 1.54) is 23.0 Å². The highest BCUT2D eigenvalue weighted by molar-refractivity contribution is 5.94. The molecule has 1 amide bonds. The van der Waals surface area contributed by atoms with E-state index in [1.54, 1.807) is 12.1 Å². The first-order valence-corrected chi connectivity index (χ1v) is 6.64. The fourth-order valence-electron chi connectivity index (χ4n) is 2.77. The fourth-order valence-corrected chi connectivity index (χ4v) is 2.77. The highest BCUT2D eigenvalue weighted by Crippen LogP contribution is 2.34. The standard InChI is InChI=1S/C14H10FN5O2/c15-8-3-1-7(2-4-8)9-5-10(21)18-12-11(9)13(22)19-14-16-6-17-20(12)14/h1-4,6,9H,5H2,(H,18,21)(H,16,17,19,22)/t9-/m1/s1. The van der Waals surface area contributed by atoms with Crippen LogP contribution in [0.25, 0.3) is 5.78 Å². The quantitative estimate of drug-likeness (QED) is 0.702. The molecule has 2 N–H and O–H groups in total. The van der Waals surface area contributed by atoms with Crippen LogP contribution in [0.2, 0.25) is 0 Å². The monoisotopic (exact) mass is 299 g/mol. The molecule has 0 unspecified atom stereocenters. The van der Waals surface area contributed by atoms with Crippen LogP contribution >= 0.6 is 0 Å². The van der Waals surface area contributed by atoms with Gasteiger partial charge in [0, 0.05) is 12.3 Å². The second-order valence-electron chi connectivity index (χ2n) is 5.07. The van der Waals surface area contributed by atoms with Gasteiger partial charge in [0.15, 0.2) is 0 Å². The molecular formula is C14H10FN5O2. The lowest BCUT2D eigenvalue weighted by Crippen LogP contribution is -2.32. The molecule has 1 atom stereocenters. The lowest BCUT2D eigenvalue weighted by molar-refractivity contribution is -0.116. The summed E-state index contributed by atoms with van der Waals surface area (Å²) in [6, 6.07) is 5.77. The van der Waals surface area contributed by atoms with Gasteiger partial charge in [-0.2, -0.15) is 14.6 Å². The molecule has 1 aromatic carbocycles. The minimum atomic E-state index is -0.457. The molecule has 4 rings (SSSR count). The number of aromatic nitrogens is 4. The molecule has 1 aliphatic heterocycles. The van der Waals surface area contributed by atoms with Gasteiger partial charge < -0.3 is 5.32 Å². The second kappa shape index (κ2) is 4.48. The van der Waals surface area contributed by atoms with E-state index in [4.69, 9.17) is 0 Å². The maximum absolute atomic E-state index is 13.1. The third-order valence-corrected chi connectivity index (χ3v) is 3.75. The Kier molecular flexibility index (Phi) is 2.59. The van der Waals surface area contributed by atoms with E-state index in [0.29, 0.717) is 16.9 Å². The zero-order valence-electron chi connectivity index (χ0n) is 11.2. The van der Waals surface area contributed by atoms with Crippen LogP contribution in [-0.4, -0.2) is 25.5 Å². The normalized spacial score (nSPS) is 17.3. The maximum atomic E-state index is 13.1. The molecule has 8 heteroatoms. The molecule has 0 fully saturated rings. The van der Waals surface area contributed by atoms with Gasteiger partial charge in [0.2, 0.25) is 11.7 Å². The average Bonchev–Trinajstić information content (AvgIpc) is 2.95. The lowest BCUT2D eigenvalue weighted by Gasteiger charge is -2.24. The van der Waals surface area contributed by atoms with Crippen molar-refractivity contribution in [2.45, 2.75) is 12.3 Å². The van der Waals surface area contributed by atoms with Gasteiger partial charge in [0.1, 0.15) is 18.0 Å². The molecule has 0 bridgehead atoms. The van der Waals surface area contributed by atoms with Crippen molar-refractivity contribution in [3.63, 3.8) is 0 Å². The molecular weight excluding hydrogens is 289 g/mol. The van der Waals surface area contributed by atoms with E-state index in [-0.39, 0.29) is 29.5 Å². The molecule has 110 valence electrons. The number of nitrogens with zero attached hydrogens (tertiary/aromatic N) is 3. The minimum Gasteiger partial charge on any atom is -0.310 e. The van der Waals surface area contributed by atoms with Gasteiger partial charge in [-0.05, 0) is 17.7 Å². The third-order valence-electron chi connectivity index (χ3n) is 3.75. The van der Waals surface area contributed by atoms with Crippen LogP contribution in [0.5, 0.6) is 0 Å². The number of fused-ring (bicyclic) bond motifs is 3. The molecule has 0 saturated heterocycles. The van der Waals surface area contributed by atoms with Crippen LogP contribution in [0, 0.1) is 5.82 Å². The molecule has 7 nitrogen and oxygen atoms in total. The molecule has 0 spiro atoms. The first kappa shape index (κ1) is 12.7. The van der Waals surface area contributed by atoms with Crippen molar-refractivity contribution in [2.75, 3.05) is 5.32 Å². The summed E-state index contributed by atoms with van der Waals surface area (Å²) in [7, 11) is 0. The second-order valence-corrected chi connectivity index (χ2v) is 5.07. The summed E-state index contributed by atoms with van der Waals surface area (Å²) >= 11 is 0. The van der Waals surface area contributed by atoms with E-state index < -0.39 is 5.92 Å². The minimum absolute atomic E-state index is 0.113. The molecule has 0 aliphatic carbocycles. The summed E-state index contributed by atoms with van der Waals surface area (Å²) < 4.78 is 14.5. The van der Waals surface area contributed by atoms with Gasteiger partial charge in [0.25, 0.3) is 5.56 Å². The van der Waals surface area contributed by atoms with Gasteiger partial charge in [-0.25, -0.2) is 4.39 Å². The number of carbonyl (C=O) groups excluding carboxylic acids is 1. The smallest absolute Gasteiger partial charge is 0.258 e. The number of benzene rings is 1. The summed E-state index contributed by atoms with van der Waals surface area (Å²) in [4.78, 5) is 30.9.